The molecule has 0 aliphatic carbocycles. The number of β-amino-alcohol motifs (C(OH)–C–C–N with tert-alkyl or cyclic N) is 1. The van der Waals surface area contributed by atoms with Gasteiger partial charge in [-0.05, 0) is 19.3 Å². The van der Waals surface area contributed by atoms with Crippen LogP contribution in [-0.4, -0.2) is 48.5 Å². The van der Waals surface area contributed by atoms with Crippen LogP contribution in [0.4, 0.5) is 0 Å². The molecular formula is C11H23NO2. The number of aliphatic hydroxyl groups is 1. The van der Waals surface area contributed by atoms with E-state index in [0.717, 1.165) is 26.1 Å². The molecule has 1 N–H and O–H groups in total. The van der Waals surface area contributed by atoms with Crippen LogP contribution in [0.5, 0.6) is 0 Å². The summed E-state index contributed by atoms with van der Waals surface area (Å²) in [7, 11) is 1.73. The lowest BCUT2D eigenvalue weighted by molar-refractivity contribution is -0.142. The van der Waals surface area contributed by atoms with Crippen LogP contribution in [-0.2, 0) is 4.74 Å². The van der Waals surface area contributed by atoms with E-state index in [2.05, 4.69) is 25.7 Å². The fraction of sp³-hybridized carbons (Fsp3) is 1.00. The van der Waals surface area contributed by atoms with Gasteiger partial charge in [0.1, 0.15) is 0 Å². The molecule has 0 bridgehead atoms. The van der Waals surface area contributed by atoms with Crippen LogP contribution >= 0.6 is 0 Å². The summed E-state index contributed by atoms with van der Waals surface area (Å²) in [6, 6.07) is 0.522. The summed E-state index contributed by atoms with van der Waals surface area (Å²) < 4.78 is 5.04. The standard InChI is InChI=1S/C11H23NO2/c1-9(2)11(13)7-12(8-11)10(3)5-6-14-4/h9-10,13H,5-8H2,1-4H3. The highest BCUT2D eigenvalue weighted by molar-refractivity contribution is 4.99. The molecule has 3 heteroatoms. The van der Waals surface area contributed by atoms with Crippen molar-refractivity contribution < 1.29 is 9.84 Å². The highest BCUT2D eigenvalue weighted by Crippen LogP contribution is 2.30. The summed E-state index contributed by atoms with van der Waals surface area (Å²) in [5.41, 5.74) is -0.443. The zero-order valence-corrected chi connectivity index (χ0v) is 9.79. The third-order valence-electron chi connectivity index (χ3n) is 3.39. The van der Waals surface area contributed by atoms with Crippen LogP contribution in [0.15, 0.2) is 0 Å². The number of hydrogen-bond donors (Lipinski definition) is 1. The minimum absolute atomic E-state index is 0.355. The molecule has 1 fully saturated rings. The predicted molar refractivity (Wildman–Crippen MR) is 57.3 cm³/mol. The summed E-state index contributed by atoms with van der Waals surface area (Å²) in [6.07, 6.45) is 1.05. The Labute approximate surface area is 87.1 Å². The first-order chi connectivity index (χ1) is 6.49. The molecule has 1 rings (SSSR count). The zero-order chi connectivity index (χ0) is 10.8. The van der Waals surface area contributed by atoms with Gasteiger partial charge < -0.3 is 9.84 Å². The van der Waals surface area contributed by atoms with Crippen LogP contribution in [0.2, 0.25) is 0 Å². The second kappa shape index (κ2) is 4.60. The number of hydrogen-bond acceptors (Lipinski definition) is 3. The molecule has 0 radical (unpaired) electrons. The molecule has 1 atom stereocenters. The second-order valence-electron chi connectivity index (χ2n) is 4.79. The van der Waals surface area contributed by atoms with Gasteiger partial charge in [-0.15, -0.1) is 0 Å². The van der Waals surface area contributed by atoms with Crippen LogP contribution in [0.25, 0.3) is 0 Å². The largest absolute Gasteiger partial charge is 0.387 e. The van der Waals surface area contributed by atoms with Crippen molar-refractivity contribution in [3.63, 3.8) is 0 Å². The number of ether oxygens (including phenoxy) is 1. The van der Waals surface area contributed by atoms with Gasteiger partial charge in [-0.25, -0.2) is 0 Å². The maximum absolute atomic E-state index is 10.1. The molecule has 1 saturated heterocycles. The minimum Gasteiger partial charge on any atom is -0.387 e. The van der Waals surface area contributed by atoms with Crippen molar-refractivity contribution in [3.05, 3.63) is 0 Å². The monoisotopic (exact) mass is 201 g/mol. The first-order valence-corrected chi connectivity index (χ1v) is 5.45. The van der Waals surface area contributed by atoms with E-state index in [4.69, 9.17) is 4.74 Å². The third-order valence-corrected chi connectivity index (χ3v) is 3.39. The summed E-state index contributed by atoms with van der Waals surface area (Å²) >= 11 is 0. The van der Waals surface area contributed by atoms with Gasteiger partial charge in [0.2, 0.25) is 0 Å². The Morgan fingerprint density at radius 1 is 1.36 bits per heavy atom. The number of likely N-dealkylation sites (tertiary alicyclic amines) is 1. The Bertz CT molecular complexity index is 176. The predicted octanol–water partition coefficient (Wildman–Crippen LogP) is 1.11. The lowest BCUT2D eigenvalue weighted by Crippen LogP contribution is -2.66. The van der Waals surface area contributed by atoms with Crippen LogP contribution in [0.3, 0.4) is 0 Å². The molecule has 1 aliphatic heterocycles. The molecule has 0 saturated carbocycles. The quantitative estimate of drug-likeness (QED) is 0.723. The fourth-order valence-electron chi connectivity index (χ4n) is 1.80. The van der Waals surface area contributed by atoms with E-state index in [0.29, 0.717) is 12.0 Å². The Kier molecular flexibility index (Phi) is 3.93. The number of rotatable bonds is 5. The minimum atomic E-state index is -0.443. The normalized spacial score (nSPS) is 23.6. The molecule has 1 heterocycles. The van der Waals surface area contributed by atoms with E-state index < -0.39 is 5.60 Å². The van der Waals surface area contributed by atoms with E-state index in [1.165, 1.54) is 0 Å². The van der Waals surface area contributed by atoms with E-state index in [1.54, 1.807) is 7.11 Å². The summed E-state index contributed by atoms with van der Waals surface area (Å²) in [4.78, 5) is 2.32. The molecule has 0 amide bonds. The lowest BCUT2D eigenvalue weighted by Gasteiger charge is -2.51. The molecule has 84 valence electrons. The van der Waals surface area contributed by atoms with Crippen molar-refractivity contribution in [2.45, 2.75) is 38.8 Å². The van der Waals surface area contributed by atoms with Crippen molar-refractivity contribution in [2.24, 2.45) is 5.92 Å². The zero-order valence-electron chi connectivity index (χ0n) is 9.79. The van der Waals surface area contributed by atoms with E-state index in [1.807, 2.05) is 0 Å². The van der Waals surface area contributed by atoms with Crippen molar-refractivity contribution in [2.75, 3.05) is 26.8 Å². The van der Waals surface area contributed by atoms with Crippen molar-refractivity contribution >= 4 is 0 Å². The van der Waals surface area contributed by atoms with Gasteiger partial charge in [0, 0.05) is 32.8 Å². The van der Waals surface area contributed by atoms with Gasteiger partial charge in [0.15, 0.2) is 0 Å². The Balaban J connectivity index is 2.26. The molecule has 0 aromatic heterocycles. The summed E-state index contributed by atoms with van der Waals surface area (Å²) in [5.74, 6) is 0.355. The summed E-state index contributed by atoms with van der Waals surface area (Å²) in [5, 5.41) is 10.1. The van der Waals surface area contributed by atoms with Gasteiger partial charge >= 0.3 is 0 Å². The van der Waals surface area contributed by atoms with Crippen LogP contribution in [0.1, 0.15) is 27.2 Å². The van der Waals surface area contributed by atoms with Crippen molar-refractivity contribution in [1.29, 1.82) is 0 Å². The summed E-state index contributed by atoms with van der Waals surface area (Å²) in [6.45, 7) is 8.79. The average molecular weight is 201 g/mol. The molecule has 14 heavy (non-hydrogen) atoms. The molecule has 3 nitrogen and oxygen atoms in total. The Hall–Kier alpha value is -0.120. The number of nitrogens with zero attached hydrogens (tertiary/aromatic N) is 1. The third kappa shape index (κ3) is 2.47. The second-order valence-corrected chi connectivity index (χ2v) is 4.79. The SMILES string of the molecule is COCCC(C)N1CC(O)(C(C)C)C1. The highest BCUT2D eigenvalue weighted by Gasteiger charge is 2.44. The molecular weight excluding hydrogens is 178 g/mol. The molecule has 0 spiro atoms. The first-order valence-electron chi connectivity index (χ1n) is 5.45. The molecule has 1 aliphatic rings. The smallest absolute Gasteiger partial charge is 0.0923 e. The van der Waals surface area contributed by atoms with Gasteiger partial charge in [0.25, 0.3) is 0 Å². The molecule has 1 unspecified atom stereocenters. The van der Waals surface area contributed by atoms with Crippen molar-refractivity contribution in [1.82, 2.24) is 4.90 Å². The maximum Gasteiger partial charge on any atom is 0.0923 e. The number of methoxy groups -OCH3 is 1. The van der Waals surface area contributed by atoms with Gasteiger partial charge in [-0.1, -0.05) is 13.8 Å². The van der Waals surface area contributed by atoms with E-state index in [9.17, 15) is 5.11 Å². The van der Waals surface area contributed by atoms with Crippen molar-refractivity contribution in [3.8, 4) is 0 Å². The molecule has 0 aromatic rings. The van der Waals surface area contributed by atoms with Crippen LogP contribution < -0.4 is 0 Å². The van der Waals surface area contributed by atoms with Gasteiger partial charge in [0.05, 0.1) is 5.60 Å². The van der Waals surface area contributed by atoms with Crippen LogP contribution in [0, 0.1) is 5.92 Å². The van der Waals surface area contributed by atoms with E-state index >= 15 is 0 Å². The Morgan fingerprint density at radius 3 is 2.36 bits per heavy atom. The topological polar surface area (TPSA) is 32.7 Å². The van der Waals surface area contributed by atoms with Gasteiger partial charge in [-0.3, -0.25) is 4.90 Å². The molecule has 0 aromatic carbocycles. The highest BCUT2D eigenvalue weighted by atomic mass is 16.5. The fourth-order valence-corrected chi connectivity index (χ4v) is 1.80. The van der Waals surface area contributed by atoms with Gasteiger partial charge in [-0.2, -0.15) is 0 Å². The average Bonchev–Trinajstić information content (AvgIpc) is 2.08. The lowest BCUT2D eigenvalue weighted by atomic mass is 9.82. The Morgan fingerprint density at radius 2 is 1.93 bits per heavy atom. The first kappa shape index (κ1) is 12.0. The maximum atomic E-state index is 10.1. The van der Waals surface area contributed by atoms with E-state index in [-0.39, 0.29) is 0 Å².